The Hall–Kier alpha value is -2.86. The van der Waals surface area contributed by atoms with Crippen molar-refractivity contribution in [2.24, 2.45) is 0 Å². The Bertz CT molecular complexity index is 788. The van der Waals surface area contributed by atoms with E-state index in [9.17, 15) is 4.79 Å². The minimum atomic E-state index is -0.316. The smallest absolute Gasteiger partial charge is 0.271 e. The van der Waals surface area contributed by atoms with E-state index in [-0.39, 0.29) is 11.6 Å². The molecule has 23 heavy (non-hydrogen) atoms. The van der Waals surface area contributed by atoms with Gasteiger partial charge < -0.3 is 15.1 Å². The average Bonchev–Trinajstić information content (AvgIpc) is 3.07. The summed E-state index contributed by atoms with van der Waals surface area (Å²) in [6, 6.07) is 10.8. The van der Waals surface area contributed by atoms with E-state index in [0.29, 0.717) is 23.1 Å². The third kappa shape index (κ3) is 4.08. The number of hydrogen-bond donors (Lipinski definition) is 2. The van der Waals surface area contributed by atoms with Gasteiger partial charge in [-0.2, -0.15) is 0 Å². The highest BCUT2D eigenvalue weighted by atomic mass is 35.5. The van der Waals surface area contributed by atoms with Gasteiger partial charge in [-0.3, -0.25) is 4.79 Å². The Morgan fingerprint density at radius 2 is 2.09 bits per heavy atom. The fourth-order valence-corrected chi connectivity index (χ4v) is 2.09. The Labute approximate surface area is 137 Å². The Kier molecular flexibility index (Phi) is 4.54. The highest BCUT2D eigenvalue weighted by molar-refractivity contribution is 6.30. The average molecular weight is 329 g/mol. The molecule has 3 aromatic rings. The molecule has 0 fully saturated rings. The van der Waals surface area contributed by atoms with Crippen molar-refractivity contribution in [3.63, 3.8) is 0 Å². The van der Waals surface area contributed by atoms with E-state index in [0.717, 1.165) is 5.69 Å². The zero-order valence-electron chi connectivity index (χ0n) is 12.0. The summed E-state index contributed by atoms with van der Waals surface area (Å²) < 4.78 is 5.14. The van der Waals surface area contributed by atoms with Crippen molar-refractivity contribution in [2.75, 3.05) is 5.32 Å². The van der Waals surface area contributed by atoms with Crippen molar-refractivity contribution >= 4 is 29.0 Å². The van der Waals surface area contributed by atoms with Crippen LogP contribution in [-0.2, 0) is 6.54 Å². The molecule has 0 aliphatic rings. The molecule has 0 aliphatic heterocycles. The highest BCUT2D eigenvalue weighted by Gasteiger charge is 2.08. The SMILES string of the molecule is O=C(NCc1ccco1)c1cnc(Nc2cccc(Cl)c2)cn1. The van der Waals surface area contributed by atoms with Crippen LogP contribution in [0.5, 0.6) is 0 Å². The van der Waals surface area contributed by atoms with Gasteiger partial charge in [-0.05, 0) is 30.3 Å². The second-order valence-electron chi connectivity index (χ2n) is 4.68. The summed E-state index contributed by atoms with van der Waals surface area (Å²) in [5, 5.41) is 6.39. The molecule has 0 atom stereocenters. The zero-order valence-corrected chi connectivity index (χ0v) is 12.7. The van der Waals surface area contributed by atoms with Gasteiger partial charge in [0.1, 0.15) is 17.3 Å². The fourth-order valence-electron chi connectivity index (χ4n) is 1.90. The van der Waals surface area contributed by atoms with Crippen LogP contribution in [0.1, 0.15) is 16.2 Å². The molecule has 2 N–H and O–H groups in total. The molecule has 6 nitrogen and oxygen atoms in total. The molecule has 0 radical (unpaired) electrons. The normalized spacial score (nSPS) is 10.3. The summed E-state index contributed by atoms with van der Waals surface area (Å²) >= 11 is 5.92. The number of carbonyl (C=O) groups excluding carboxylic acids is 1. The summed E-state index contributed by atoms with van der Waals surface area (Å²) in [5.74, 6) is 0.878. The maximum Gasteiger partial charge on any atom is 0.271 e. The first-order chi connectivity index (χ1) is 11.2. The molecular weight excluding hydrogens is 316 g/mol. The third-order valence-corrected chi connectivity index (χ3v) is 3.22. The first-order valence-corrected chi connectivity index (χ1v) is 7.24. The lowest BCUT2D eigenvalue weighted by Gasteiger charge is -2.06. The molecule has 1 aromatic carbocycles. The molecule has 0 bridgehead atoms. The van der Waals surface area contributed by atoms with E-state index in [4.69, 9.17) is 16.0 Å². The van der Waals surface area contributed by atoms with Crippen LogP contribution in [0, 0.1) is 0 Å². The lowest BCUT2D eigenvalue weighted by atomic mass is 10.3. The maximum atomic E-state index is 12.0. The lowest BCUT2D eigenvalue weighted by Crippen LogP contribution is -2.23. The van der Waals surface area contributed by atoms with Gasteiger partial charge in [0.2, 0.25) is 0 Å². The van der Waals surface area contributed by atoms with Crippen molar-refractivity contribution in [3.8, 4) is 0 Å². The largest absolute Gasteiger partial charge is 0.467 e. The number of nitrogens with one attached hydrogen (secondary N) is 2. The molecule has 7 heteroatoms. The molecular formula is C16H13ClN4O2. The number of rotatable bonds is 5. The van der Waals surface area contributed by atoms with Crippen LogP contribution in [0.25, 0.3) is 0 Å². The molecule has 0 aliphatic carbocycles. The van der Waals surface area contributed by atoms with E-state index >= 15 is 0 Å². The van der Waals surface area contributed by atoms with Crippen LogP contribution in [0.2, 0.25) is 5.02 Å². The minimum absolute atomic E-state index is 0.230. The summed E-state index contributed by atoms with van der Waals surface area (Å²) in [7, 11) is 0. The molecule has 0 unspecified atom stereocenters. The fraction of sp³-hybridized carbons (Fsp3) is 0.0625. The number of nitrogens with zero attached hydrogens (tertiary/aromatic N) is 2. The quantitative estimate of drug-likeness (QED) is 0.750. The van der Waals surface area contributed by atoms with E-state index in [1.165, 1.54) is 12.4 Å². The minimum Gasteiger partial charge on any atom is -0.467 e. The van der Waals surface area contributed by atoms with E-state index < -0.39 is 0 Å². The first kappa shape index (κ1) is 15.1. The molecule has 0 spiro atoms. The van der Waals surface area contributed by atoms with Crippen molar-refractivity contribution < 1.29 is 9.21 Å². The van der Waals surface area contributed by atoms with Gasteiger partial charge >= 0.3 is 0 Å². The number of aromatic nitrogens is 2. The number of benzene rings is 1. The van der Waals surface area contributed by atoms with Crippen LogP contribution in [-0.4, -0.2) is 15.9 Å². The van der Waals surface area contributed by atoms with Gasteiger partial charge in [-0.25, -0.2) is 9.97 Å². The molecule has 3 rings (SSSR count). The second kappa shape index (κ2) is 6.93. The lowest BCUT2D eigenvalue weighted by molar-refractivity contribution is 0.0942. The standard InChI is InChI=1S/C16H13ClN4O2/c17-11-3-1-4-12(7-11)21-15-10-18-14(9-19-15)16(22)20-8-13-5-2-6-23-13/h1-7,9-10H,8H2,(H,19,21)(H,20,22). The topological polar surface area (TPSA) is 80.0 Å². The number of furan rings is 1. The van der Waals surface area contributed by atoms with Crippen molar-refractivity contribution in [2.45, 2.75) is 6.54 Å². The Morgan fingerprint density at radius 3 is 2.78 bits per heavy atom. The van der Waals surface area contributed by atoms with Crippen LogP contribution in [0.15, 0.2) is 59.5 Å². The van der Waals surface area contributed by atoms with Crippen LogP contribution < -0.4 is 10.6 Å². The van der Waals surface area contributed by atoms with Gasteiger partial charge in [-0.1, -0.05) is 17.7 Å². The number of halogens is 1. The van der Waals surface area contributed by atoms with E-state index in [2.05, 4.69) is 20.6 Å². The predicted molar refractivity (Wildman–Crippen MR) is 86.6 cm³/mol. The van der Waals surface area contributed by atoms with Crippen LogP contribution in [0.4, 0.5) is 11.5 Å². The van der Waals surface area contributed by atoms with Gasteiger partial charge in [0.25, 0.3) is 5.91 Å². The molecule has 116 valence electrons. The van der Waals surface area contributed by atoms with E-state index in [1.807, 2.05) is 12.1 Å². The summed E-state index contributed by atoms with van der Waals surface area (Å²) in [5.41, 5.74) is 1.02. The van der Waals surface area contributed by atoms with Crippen LogP contribution >= 0.6 is 11.6 Å². The Balaban J connectivity index is 1.61. The number of anilines is 2. The third-order valence-electron chi connectivity index (χ3n) is 2.98. The second-order valence-corrected chi connectivity index (χ2v) is 5.12. The van der Waals surface area contributed by atoms with Gasteiger partial charge in [-0.15, -0.1) is 0 Å². The van der Waals surface area contributed by atoms with Gasteiger partial charge in [0.05, 0.1) is 25.2 Å². The summed E-state index contributed by atoms with van der Waals surface area (Å²) in [6.07, 6.45) is 4.45. The molecule has 2 heterocycles. The monoisotopic (exact) mass is 328 g/mol. The van der Waals surface area contributed by atoms with Gasteiger partial charge in [0, 0.05) is 10.7 Å². The van der Waals surface area contributed by atoms with Crippen LogP contribution in [0.3, 0.4) is 0 Å². The number of carbonyl (C=O) groups is 1. The maximum absolute atomic E-state index is 12.0. The number of amides is 1. The molecule has 0 saturated heterocycles. The number of hydrogen-bond acceptors (Lipinski definition) is 5. The molecule has 0 saturated carbocycles. The van der Waals surface area contributed by atoms with E-state index in [1.54, 1.807) is 30.5 Å². The summed E-state index contributed by atoms with van der Waals surface area (Å²) in [6.45, 7) is 0.302. The predicted octanol–water partition coefficient (Wildman–Crippen LogP) is 3.40. The highest BCUT2D eigenvalue weighted by Crippen LogP contribution is 2.18. The van der Waals surface area contributed by atoms with Gasteiger partial charge in [0.15, 0.2) is 0 Å². The first-order valence-electron chi connectivity index (χ1n) is 6.86. The Morgan fingerprint density at radius 1 is 1.17 bits per heavy atom. The van der Waals surface area contributed by atoms with Crippen molar-refractivity contribution in [1.29, 1.82) is 0 Å². The van der Waals surface area contributed by atoms with Crippen molar-refractivity contribution in [1.82, 2.24) is 15.3 Å². The van der Waals surface area contributed by atoms with Crippen molar-refractivity contribution in [3.05, 3.63) is 71.5 Å². The molecule has 2 aromatic heterocycles. The zero-order chi connectivity index (χ0) is 16.1. The molecule has 1 amide bonds. The summed E-state index contributed by atoms with van der Waals surface area (Å²) in [4.78, 5) is 20.2.